The van der Waals surface area contributed by atoms with Crippen LogP contribution in [0, 0.1) is 0 Å². The molecular formula is C45H46N4O5. The minimum Gasteiger partial charge on any atom is -0.508 e. The van der Waals surface area contributed by atoms with Gasteiger partial charge < -0.3 is 19.3 Å². The SMILES string of the molecule is C[C@@H]1Cc2ccccc2CN1C(=O)c1cc2c(cc1-c1cc(C(=O)N(c3ccccc3)c3ccc(O)cc3)c3n1CCCC3)CN(C(=O)OC(C)(C)C)C2. The van der Waals surface area contributed by atoms with Gasteiger partial charge in [-0.1, -0.05) is 42.5 Å². The highest BCUT2D eigenvalue weighted by molar-refractivity contribution is 6.12. The minimum absolute atomic E-state index is 0.0186. The van der Waals surface area contributed by atoms with E-state index in [9.17, 15) is 19.5 Å². The summed E-state index contributed by atoms with van der Waals surface area (Å²) < 4.78 is 7.97. The average Bonchev–Trinajstić information content (AvgIpc) is 3.76. The maximum atomic E-state index is 14.9. The van der Waals surface area contributed by atoms with Gasteiger partial charge >= 0.3 is 6.09 Å². The molecule has 8 rings (SSSR count). The van der Waals surface area contributed by atoms with E-state index in [0.717, 1.165) is 59.3 Å². The van der Waals surface area contributed by atoms with Crippen LogP contribution in [0.15, 0.2) is 97.1 Å². The molecule has 4 heterocycles. The first-order chi connectivity index (χ1) is 25.9. The molecule has 0 radical (unpaired) electrons. The van der Waals surface area contributed by atoms with E-state index in [2.05, 4.69) is 29.7 Å². The minimum atomic E-state index is -0.638. The number of para-hydroxylation sites is 1. The number of carbonyl (C=O) groups excluding carboxylic acids is 3. The third-order valence-electron chi connectivity index (χ3n) is 10.8. The molecule has 54 heavy (non-hydrogen) atoms. The average molecular weight is 723 g/mol. The molecule has 0 bridgehead atoms. The fraction of sp³-hybridized carbons (Fsp3) is 0.311. The number of aromatic hydroxyl groups is 1. The van der Waals surface area contributed by atoms with Crippen LogP contribution in [0.5, 0.6) is 5.75 Å². The Morgan fingerprint density at radius 3 is 2.15 bits per heavy atom. The van der Waals surface area contributed by atoms with Crippen molar-refractivity contribution >= 4 is 29.3 Å². The molecule has 3 aliphatic rings. The number of carbonyl (C=O) groups is 3. The number of fused-ring (bicyclic) bond motifs is 3. The van der Waals surface area contributed by atoms with Crippen LogP contribution in [0.2, 0.25) is 0 Å². The second-order valence-electron chi connectivity index (χ2n) is 15.7. The van der Waals surface area contributed by atoms with E-state index in [4.69, 9.17) is 4.74 Å². The number of phenolic OH excluding ortho intramolecular Hbond substituents is 1. The van der Waals surface area contributed by atoms with Gasteiger partial charge in [0, 0.05) is 66.1 Å². The second-order valence-corrected chi connectivity index (χ2v) is 15.7. The van der Waals surface area contributed by atoms with Crippen LogP contribution in [0.25, 0.3) is 11.3 Å². The van der Waals surface area contributed by atoms with Crippen LogP contribution in [0.4, 0.5) is 16.2 Å². The first-order valence-corrected chi connectivity index (χ1v) is 18.9. The van der Waals surface area contributed by atoms with Gasteiger partial charge in [-0.15, -0.1) is 0 Å². The van der Waals surface area contributed by atoms with Gasteiger partial charge in [-0.2, -0.15) is 0 Å². The molecule has 4 aromatic carbocycles. The fourth-order valence-corrected chi connectivity index (χ4v) is 8.17. The Kier molecular flexibility index (Phi) is 9.04. The number of ether oxygens (including phenoxy) is 1. The van der Waals surface area contributed by atoms with Crippen molar-refractivity contribution in [2.45, 2.75) is 91.2 Å². The zero-order valence-electron chi connectivity index (χ0n) is 31.3. The molecule has 5 aromatic rings. The zero-order chi connectivity index (χ0) is 37.7. The smallest absolute Gasteiger partial charge is 0.410 e. The topological polar surface area (TPSA) is 95.3 Å². The first-order valence-electron chi connectivity index (χ1n) is 18.9. The first kappa shape index (κ1) is 35.2. The van der Waals surface area contributed by atoms with Crippen molar-refractivity contribution in [3.8, 4) is 17.0 Å². The lowest BCUT2D eigenvalue weighted by molar-refractivity contribution is 0.0241. The fourth-order valence-electron chi connectivity index (χ4n) is 8.17. The summed E-state index contributed by atoms with van der Waals surface area (Å²) in [5.74, 6) is -0.136. The number of anilines is 2. The van der Waals surface area contributed by atoms with Crippen molar-refractivity contribution in [3.05, 3.63) is 136 Å². The van der Waals surface area contributed by atoms with E-state index < -0.39 is 11.7 Å². The molecule has 1 N–H and O–H groups in total. The summed E-state index contributed by atoms with van der Waals surface area (Å²) in [6.07, 6.45) is 2.99. The van der Waals surface area contributed by atoms with Crippen molar-refractivity contribution in [1.82, 2.24) is 14.4 Å². The molecule has 0 fully saturated rings. The molecule has 1 aromatic heterocycles. The molecule has 0 saturated carbocycles. The highest BCUT2D eigenvalue weighted by atomic mass is 16.6. The Bertz CT molecular complexity index is 2250. The van der Waals surface area contributed by atoms with Crippen molar-refractivity contribution in [1.29, 1.82) is 0 Å². The van der Waals surface area contributed by atoms with Crippen LogP contribution < -0.4 is 4.90 Å². The van der Waals surface area contributed by atoms with E-state index in [1.54, 1.807) is 34.1 Å². The summed E-state index contributed by atoms with van der Waals surface area (Å²) in [6, 6.07) is 30.5. The summed E-state index contributed by atoms with van der Waals surface area (Å²) in [7, 11) is 0. The molecule has 0 spiro atoms. The Morgan fingerprint density at radius 2 is 1.43 bits per heavy atom. The van der Waals surface area contributed by atoms with Crippen LogP contribution in [-0.4, -0.2) is 49.0 Å². The number of hydrogen-bond acceptors (Lipinski definition) is 5. The van der Waals surface area contributed by atoms with Crippen LogP contribution in [0.1, 0.15) is 89.2 Å². The molecule has 1 atom stereocenters. The van der Waals surface area contributed by atoms with Crippen LogP contribution in [-0.2, 0) is 43.8 Å². The van der Waals surface area contributed by atoms with Gasteiger partial charge in [-0.25, -0.2) is 4.79 Å². The quantitative estimate of drug-likeness (QED) is 0.195. The molecule has 3 aliphatic heterocycles. The predicted octanol–water partition coefficient (Wildman–Crippen LogP) is 9.01. The number of amides is 3. The van der Waals surface area contributed by atoms with Gasteiger partial charge in [-0.05, 0) is 130 Å². The third kappa shape index (κ3) is 6.63. The number of phenols is 1. The summed E-state index contributed by atoms with van der Waals surface area (Å²) in [4.78, 5) is 48.5. The van der Waals surface area contributed by atoms with Gasteiger partial charge in [0.1, 0.15) is 11.4 Å². The standard InChI is InChI=1S/C45H46N4O5/c1-29-22-30-12-8-9-13-31(30)28-48(29)42(51)38-24-33-27-46(44(53)54-45(2,3)4)26-32(33)23-37(38)41-25-39(40-16-10-11-21-47(40)41)43(52)49(34-14-6-5-7-15-34)35-17-19-36(50)20-18-35/h5-9,12-15,17-20,23-25,29,50H,10-11,16,21-22,26-28H2,1-4H3/t29-/m1/s1. The van der Waals surface area contributed by atoms with Gasteiger partial charge in [-0.3, -0.25) is 19.4 Å². The van der Waals surface area contributed by atoms with Crippen molar-refractivity contribution in [3.63, 3.8) is 0 Å². The lowest BCUT2D eigenvalue weighted by Crippen LogP contribution is -2.42. The number of rotatable bonds is 5. The van der Waals surface area contributed by atoms with Gasteiger partial charge in [0.25, 0.3) is 11.8 Å². The van der Waals surface area contributed by atoms with Crippen LogP contribution >= 0.6 is 0 Å². The van der Waals surface area contributed by atoms with E-state index in [1.807, 2.05) is 80.3 Å². The molecule has 0 saturated heterocycles. The summed E-state index contributed by atoms with van der Waals surface area (Å²) >= 11 is 0. The summed E-state index contributed by atoms with van der Waals surface area (Å²) in [5, 5.41) is 10.1. The normalized spacial score (nSPS) is 16.3. The van der Waals surface area contributed by atoms with E-state index in [-0.39, 0.29) is 23.6 Å². The summed E-state index contributed by atoms with van der Waals surface area (Å²) in [5.41, 5.74) is 8.65. The largest absolute Gasteiger partial charge is 0.508 e. The molecule has 3 amide bonds. The van der Waals surface area contributed by atoms with Gasteiger partial charge in [0.05, 0.1) is 5.56 Å². The van der Waals surface area contributed by atoms with Crippen molar-refractivity contribution in [2.75, 3.05) is 4.90 Å². The lowest BCUT2D eigenvalue weighted by Gasteiger charge is -2.35. The van der Waals surface area contributed by atoms with Gasteiger partial charge in [0.2, 0.25) is 0 Å². The number of hydrogen-bond donors (Lipinski definition) is 1. The monoisotopic (exact) mass is 722 g/mol. The Morgan fingerprint density at radius 1 is 0.759 bits per heavy atom. The van der Waals surface area contributed by atoms with E-state index in [0.29, 0.717) is 48.7 Å². The predicted molar refractivity (Wildman–Crippen MR) is 209 cm³/mol. The third-order valence-corrected chi connectivity index (χ3v) is 10.8. The maximum Gasteiger partial charge on any atom is 0.410 e. The molecule has 0 aliphatic carbocycles. The lowest BCUT2D eigenvalue weighted by atomic mass is 9.92. The van der Waals surface area contributed by atoms with Crippen LogP contribution in [0.3, 0.4) is 0 Å². The molecule has 9 heteroatoms. The molecular weight excluding hydrogens is 677 g/mol. The van der Waals surface area contributed by atoms with E-state index in [1.165, 1.54) is 5.56 Å². The number of aromatic nitrogens is 1. The second kappa shape index (κ2) is 13.9. The highest BCUT2D eigenvalue weighted by Gasteiger charge is 2.35. The Hall–Kier alpha value is -5.83. The van der Waals surface area contributed by atoms with Crippen molar-refractivity contribution < 1.29 is 24.2 Å². The zero-order valence-corrected chi connectivity index (χ0v) is 31.3. The molecule has 0 unspecified atom stereocenters. The highest BCUT2D eigenvalue weighted by Crippen LogP contribution is 2.40. The van der Waals surface area contributed by atoms with Crippen molar-refractivity contribution in [2.24, 2.45) is 0 Å². The number of benzene rings is 4. The van der Waals surface area contributed by atoms with E-state index >= 15 is 0 Å². The van der Waals surface area contributed by atoms with Gasteiger partial charge in [0.15, 0.2) is 0 Å². The molecule has 276 valence electrons. The maximum absolute atomic E-state index is 14.9. The Labute approximate surface area is 316 Å². The molecule has 9 nitrogen and oxygen atoms in total. The number of nitrogens with zero attached hydrogens (tertiary/aromatic N) is 4. The Balaban J connectivity index is 1.26. The summed E-state index contributed by atoms with van der Waals surface area (Å²) in [6.45, 7) is 9.60.